The zero-order valence-corrected chi connectivity index (χ0v) is 11.6. The van der Waals surface area contributed by atoms with Crippen LogP contribution >= 0.6 is 0 Å². The summed E-state index contributed by atoms with van der Waals surface area (Å²) in [6.07, 6.45) is 6.85. The molecule has 1 heterocycles. The van der Waals surface area contributed by atoms with Crippen molar-refractivity contribution in [2.45, 2.75) is 51.4 Å². The van der Waals surface area contributed by atoms with E-state index < -0.39 is 5.97 Å². The molecule has 104 valence electrons. The summed E-state index contributed by atoms with van der Waals surface area (Å²) in [5, 5.41) is 0. The first-order chi connectivity index (χ1) is 9.22. The molecule has 3 rings (SSSR count). The summed E-state index contributed by atoms with van der Waals surface area (Å²) in [6, 6.07) is 0. The summed E-state index contributed by atoms with van der Waals surface area (Å²) in [5.41, 5.74) is 0.770. The lowest BCUT2D eigenvalue weighted by atomic mass is 9.89. The van der Waals surface area contributed by atoms with Crippen molar-refractivity contribution >= 4 is 5.97 Å². The van der Waals surface area contributed by atoms with Crippen molar-refractivity contribution in [3.63, 3.8) is 0 Å². The molecule has 2 aliphatic rings. The van der Waals surface area contributed by atoms with E-state index in [1.807, 2.05) is 0 Å². The van der Waals surface area contributed by atoms with Crippen molar-refractivity contribution in [2.75, 3.05) is 7.11 Å². The van der Waals surface area contributed by atoms with E-state index in [2.05, 4.69) is 11.9 Å². The van der Waals surface area contributed by atoms with Gasteiger partial charge < -0.3 is 9.15 Å². The number of esters is 1. The molecule has 2 saturated carbocycles. The van der Waals surface area contributed by atoms with E-state index >= 15 is 0 Å². The Labute approximate surface area is 113 Å². The van der Waals surface area contributed by atoms with E-state index in [-0.39, 0.29) is 0 Å². The third-order valence-electron chi connectivity index (χ3n) is 4.63. The quantitative estimate of drug-likeness (QED) is 0.782. The number of methoxy groups -OCH3 is 1. The topological polar surface area (TPSA) is 52.3 Å². The molecule has 0 aromatic carbocycles. The predicted octanol–water partition coefficient (Wildman–Crippen LogP) is 3.32. The Bertz CT molecular complexity index is 480. The summed E-state index contributed by atoms with van der Waals surface area (Å²) >= 11 is 0. The molecule has 0 saturated heterocycles. The largest absolute Gasteiger partial charge is 0.463 e. The lowest BCUT2D eigenvalue weighted by molar-refractivity contribution is 0.0560. The number of hydrogen-bond acceptors (Lipinski definition) is 4. The molecule has 3 atom stereocenters. The molecule has 0 N–H and O–H groups in total. The van der Waals surface area contributed by atoms with E-state index in [1.165, 1.54) is 32.8 Å². The average molecular weight is 263 g/mol. The predicted molar refractivity (Wildman–Crippen MR) is 70.0 cm³/mol. The van der Waals surface area contributed by atoms with Gasteiger partial charge in [0.15, 0.2) is 5.89 Å². The van der Waals surface area contributed by atoms with Crippen molar-refractivity contribution in [2.24, 2.45) is 11.8 Å². The second-order valence-electron chi connectivity index (χ2n) is 5.85. The Kier molecular flexibility index (Phi) is 3.33. The first-order valence-corrected chi connectivity index (χ1v) is 7.30. The second-order valence-corrected chi connectivity index (χ2v) is 5.85. The molecular formula is C15H21NO3. The second kappa shape index (κ2) is 4.99. The molecule has 1 aromatic heterocycles. The minimum atomic E-state index is -0.398. The molecule has 3 unspecified atom stereocenters. The van der Waals surface area contributed by atoms with Crippen molar-refractivity contribution in [1.29, 1.82) is 0 Å². The van der Waals surface area contributed by atoms with E-state index in [0.29, 0.717) is 17.6 Å². The van der Waals surface area contributed by atoms with Crippen molar-refractivity contribution in [3.8, 4) is 0 Å². The Hall–Kier alpha value is -1.32. The number of nitrogens with zero attached hydrogens (tertiary/aromatic N) is 1. The number of carbonyl (C=O) groups excluding carboxylic acids is 1. The van der Waals surface area contributed by atoms with E-state index in [9.17, 15) is 4.79 Å². The van der Waals surface area contributed by atoms with Gasteiger partial charge in [-0.1, -0.05) is 19.8 Å². The SMILES string of the molecule is CCCc1nc(C2CC3CCC2C3)oc1C(=O)OC. The van der Waals surface area contributed by atoms with Crippen molar-refractivity contribution < 1.29 is 13.9 Å². The van der Waals surface area contributed by atoms with Gasteiger partial charge >= 0.3 is 5.97 Å². The fourth-order valence-electron chi connectivity index (χ4n) is 3.73. The van der Waals surface area contributed by atoms with Gasteiger partial charge in [-0.2, -0.15) is 0 Å². The normalized spacial score (nSPS) is 28.8. The van der Waals surface area contributed by atoms with Gasteiger partial charge in [0, 0.05) is 5.92 Å². The Morgan fingerprint density at radius 1 is 1.42 bits per heavy atom. The Balaban J connectivity index is 1.88. The maximum Gasteiger partial charge on any atom is 0.375 e. The van der Waals surface area contributed by atoms with Gasteiger partial charge in [-0.25, -0.2) is 9.78 Å². The van der Waals surface area contributed by atoms with Gasteiger partial charge in [-0.05, 0) is 37.5 Å². The van der Waals surface area contributed by atoms with E-state index in [0.717, 1.165) is 30.3 Å². The molecule has 0 amide bonds. The molecule has 2 fully saturated rings. The Morgan fingerprint density at radius 3 is 2.84 bits per heavy atom. The molecule has 1 aromatic rings. The van der Waals surface area contributed by atoms with Crippen LogP contribution < -0.4 is 0 Å². The third-order valence-corrected chi connectivity index (χ3v) is 4.63. The standard InChI is InChI=1S/C15H21NO3/c1-3-4-12-13(15(17)18-2)19-14(16-12)11-8-9-5-6-10(11)7-9/h9-11H,3-8H2,1-2H3. The summed E-state index contributed by atoms with van der Waals surface area (Å²) in [4.78, 5) is 16.3. The van der Waals surface area contributed by atoms with Crippen LogP contribution in [0.4, 0.5) is 0 Å². The number of hydrogen-bond donors (Lipinski definition) is 0. The van der Waals surface area contributed by atoms with Crippen molar-refractivity contribution in [1.82, 2.24) is 4.98 Å². The molecule has 19 heavy (non-hydrogen) atoms. The number of ether oxygens (including phenoxy) is 1. The lowest BCUT2D eigenvalue weighted by Crippen LogP contribution is -2.08. The zero-order chi connectivity index (χ0) is 13.4. The molecule has 0 radical (unpaired) electrons. The number of carbonyl (C=O) groups is 1. The minimum absolute atomic E-state index is 0.321. The molecule has 2 aliphatic carbocycles. The number of rotatable bonds is 4. The number of oxazole rings is 1. The fraction of sp³-hybridized carbons (Fsp3) is 0.733. The van der Waals surface area contributed by atoms with Crippen LogP contribution in [0.25, 0.3) is 0 Å². The molecule has 0 aliphatic heterocycles. The summed E-state index contributed by atoms with van der Waals surface area (Å²) in [7, 11) is 1.39. The first-order valence-electron chi connectivity index (χ1n) is 7.30. The smallest absolute Gasteiger partial charge is 0.375 e. The third kappa shape index (κ3) is 2.17. The zero-order valence-electron chi connectivity index (χ0n) is 11.6. The van der Waals surface area contributed by atoms with Crippen LogP contribution in [0, 0.1) is 11.8 Å². The van der Waals surface area contributed by atoms with Crippen LogP contribution in [0.1, 0.15) is 67.1 Å². The molecule has 0 spiro atoms. The lowest BCUT2D eigenvalue weighted by Gasteiger charge is -2.17. The highest BCUT2D eigenvalue weighted by Gasteiger charge is 2.43. The highest BCUT2D eigenvalue weighted by Crippen LogP contribution is 2.52. The molecule has 2 bridgehead atoms. The highest BCUT2D eigenvalue weighted by atomic mass is 16.5. The number of aryl methyl sites for hydroxylation is 1. The van der Waals surface area contributed by atoms with Gasteiger partial charge in [-0.3, -0.25) is 0 Å². The van der Waals surface area contributed by atoms with Gasteiger partial charge in [0.25, 0.3) is 0 Å². The van der Waals surface area contributed by atoms with Crippen LogP contribution in [0.15, 0.2) is 4.42 Å². The van der Waals surface area contributed by atoms with Crippen LogP contribution in [0.2, 0.25) is 0 Å². The number of fused-ring (bicyclic) bond motifs is 2. The van der Waals surface area contributed by atoms with Gasteiger partial charge in [0.1, 0.15) is 0 Å². The van der Waals surface area contributed by atoms with Gasteiger partial charge in [0.05, 0.1) is 12.8 Å². The highest BCUT2D eigenvalue weighted by molar-refractivity contribution is 5.87. The summed E-state index contributed by atoms with van der Waals surface area (Å²) < 4.78 is 10.6. The van der Waals surface area contributed by atoms with Crippen LogP contribution in [0.3, 0.4) is 0 Å². The van der Waals surface area contributed by atoms with E-state index in [4.69, 9.17) is 9.15 Å². The molecule has 4 heteroatoms. The number of aromatic nitrogens is 1. The maximum atomic E-state index is 11.7. The average Bonchev–Trinajstić information content (AvgIpc) is 3.12. The summed E-state index contributed by atoms with van der Waals surface area (Å²) in [6.45, 7) is 2.08. The maximum absolute atomic E-state index is 11.7. The molecule has 4 nitrogen and oxygen atoms in total. The monoisotopic (exact) mass is 263 g/mol. The first kappa shape index (κ1) is 12.7. The van der Waals surface area contributed by atoms with Crippen molar-refractivity contribution in [3.05, 3.63) is 17.3 Å². The van der Waals surface area contributed by atoms with Crippen LogP contribution in [0.5, 0.6) is 0 Å². The minimum Gasteiger partial charge on any atom is -0.463 e. The van der Waals surface area contributed by atoms with Gasteiger partial charge in [0.2, 0.25) is 5.76 Å². The summed E-state index contributed by atoms with van der Waals surface area (Å²) in [5.74, 6) is 2.68. The van der Waals surface area contributed by atoms with Gasteiger partial charge in [-0.15, -0.1) is 0 Å². The van der Waals surface area contributed by atoms with E-state index in [1.54, 1.807) is 0 Å². The molecular weight excluding hydrogens is 242 g/mol. The fourth-order valence-corrected chi connectivity index (χ4v) is 3.73. The Morgan fingerprint density at radius 2 is 2.26 bits per heavy atom. The van der Waals surface area contributed by atoms with Crippen LogP contribution in [-0.2, 0) is 11.2 Å². The van der Waals surface area contributed by atoms with Crippen LogP contribution in [-0.4, -0.2) is 18.1 Å².